The molecule has 0 aromatic rings. The van der Waals surface area contributed by atoms with Gasteiger partial charge in [-0.3, -0.25) is 0 Å². The van der Waals surface area contributed by atoms with E-state index < -0.39 is 0 Å². The van der Waals surface area contributed by atoms with Crippen molar-refractivity contribution in [2.45, 2.75) is 39.0 Å². The van der Waals surface area contributed by atoms with Gasteiger partial charge in [-0.05, 0) is 63.6 Å². The van der Waals surface area contributed by atoms with E-state index in [0.717, 1.165) is 18.4 Å². The van der Waals surface area contributed by atoms with Crippen LogP contribution in [0.25, 0.3) is 0 Å². The van der Waals surface area contributed by atoms with Crippen molar-refractivity contribution in [2.75, 3.05) is 53.0 Å². The molecule has 2 saturated heterocycles. The van der Waals surface area contributed by atoms with Crippen LogP contribution in [0.4, 0.5) is 0 Å². The fourth-order valence-electron chi connectivity index (χ4n) is 3.55. The van der Waals surface area contributed by atoms with E-state index in [0.29, 0.717) is 0 Å². The highest BCUT2D eigenvalue weighted by Crippen LogP contribution is 2.21. The molecule has 2 aliphatic heterocycles. The van der Waals surface area contributed by atoms with Gasteiger partial charge in [-0.2, -0.15) is 0 Å². The molecule has 0 saturated carbocycles. The molecule has 2 fully saturated rings. The van der Waals surface area contributed by atoms with Crippen molar-refractivity contribution >= 4 is 0 Å². The van der Waals surface area contributed by atoms with Gasteiger partial charge < -0.3 is 14.5 Å². The molecule has 2 heterocycles. The fourth-order valence-corrected chi connectivity index (χ4v) is 3.55. The number of ether oxygens (including phenoxy) is 1. The van der Waals surface area contributed by atoms with E-state index >= 15 is 0 Å². The Hall–Kier alpha value is -0.120. The topological polar surface area (TPSA) is 15.7 Å². The van der Waals surface area contributed by atoms with Gasteiger partial charge >= 0.3 is 0 Å². The Labute approximate surface area is 119 Å². The molecule has 19 heavy (non-hydrogen) atoms. The highest BCUT2D eigenvalue weighted by atomic mass is 16.5. The third kappa shape index (κ3) is 5.41. The first-order chi connectivity index (χ1) is 9.28. The van der Waals surface area contributed by atoms with E-state index in [1.54, 1.807) is 7.11 Å². The number of hydrogen-bond acceptors (Lipinski definition) is 3. The van der Waals surface area contributed by atoms with Gasteiger partial charge in [0.1, 0.15) is 0 Å². The fraction of sp³-hybridized carbons (Fsp3) is 1.00. The van der Waals surface area contributed by atoms with Crippen LogP contribution >= 0.6 is 0 Å². The Morgan fingerprint density at radius 3 is 2.58 bits per heavy atom. The van der Waals surface area contributed by atoms with E-state index in [1.807, 2.05) is 0 Å². The van der Waals surface area contributed by atoms with Crippen LogP contribution in [-0.4, -0.2) is 62.8 Å². The Bertz CT molecular complexity index is 239. The number of hydrogen-bond donors (Lipinski definition) is 0. The zero-order valence-corrected chi connectivity index (χ0v) is 12.9. The second-order valence-corrected chi connectivity index (χ2v) is 6.64. The van der Waals surface area contributed by atoms with Gasteiger partial charge in [0.25, 0.3) is 0 Å². The van der Waals surface area contributed by atoms with Crippen molar-refractivity contribution in [1.82, 2.24) is 9.80 Å². The molecule has 0 amide bonds. The zero-order chi connectivity index (χ0) is 13.5. The maximum absolute atomic E-state index is 5.16. The van der Waals surface area contributed by atoms with Gasteiger partial charge in [0.2, 0.25) is 0 Å². The van der Waals surface area contributed by atoms with Crippen molar-refractivity contribution in [1.29, 1.82) is 0 Å². The second kappa shape index (κ2) is 8.23. The minimum absolute atomic E-state index is 0.907. The van der Waals surface area contributed by atoms with Crippen molar-refractivity contribution in [3.63, 3.8) is 0 Å². The standard InChI is InChI=1S/C16H32N2O/c1-15-6-10-18(11-7-15)14-16-5-3-8-17(13-16)9-4-12-19-2/h15-16H,3-14H2,1-2H3/t16-/m0/s1. The molecule has 0 unspecified atom stereocenters. The summed E-state index contributed by atoms with van der Waals surface area (Å²) in [5, 5.41) is 0. The summed E-state index contributed by atoms with van der Waals surface area (Å²) in [6.45, 7) is 11.2. The average Bonchev–Trinajstić information content (AvgIpc) is 2.42. The van der Waals surface area contributed by atoms with Crippen LogP contribution in [0.15, 0.2) is 0 Å². The molecule has 0 radical (unpaired) electrons. The van der Waals surface area contributed by atoms with Crippen LogP contribution < -0.4 is 0 Å². The Balaban J connectivity index is 1.66. The number of piperidine rings is 2. The number of likely N-dealkylation sites (tertiary alicyclic amines) is 2. The van der Waals surface area contributed by atoms with E-state index in [9.17, 15) is 0 Å². The predicted molar refractivity (Wildman–Crippen MR) is 80.5 cm³/mol. The van der Waals surface area contributed by atoms with E-state index in [-0.39, 0.29) is 0 Å². The largest absolute Gasteiger partial charge is 0.385 e. The molecule has 0 bridgehead atoms. The molecule has 0 aliphatic carbocycles. The highest BCUT2D eigenvalue weighted by Gasteiger charge is 2.23. The Kier molecular flexibility index (Phi) is 6.62. The SMILES string of the molecule is COCCCN1CCC[C@H](CN2CCC(C)CC2)C1. The second-order valence-electron chi connectivity index (χ2n) is 6.64. The number of rotatable bonds is 6. The summed E-state index contributed by atoms with van der Waals surface area (Å²) in [5.41, 5.74) is 0. The molecular weight excluding hydrogens is 236 g/mol. The summed E-state index contributed by atoms with van der Waals surface area (Å²) in [5.74, 6) is 1.86. The van der Waals surface area contributed by atoms with Gasteiger partial charge in [-0.25, -0.2) is 0 Å². The van der Waals surface area contributed by atoms with Gasteiger partial charge in [0.15, 0.2) is 0 Å². The summed E-state index contributed by atoms with van der Waals surface area (Å²) >= 11 is 0. The predicted octanol–water partition coefficient (Wildman–Crippen LogP) is 2.47. The van der Waals surface area contributed by atoms with E-state index in [4.69, 9.17) is 4.74 Å². The lowest BCUT2D eigenvalue weighted by Crippen LogP contribution is -2.43. The molecule has 3 nitrogen and oxygen atoms in total. The lowest BCUT2D eigenvalue weighted by Gasteiger charge is -2.37. The van der Waals surface area contributed by atoms with Gasteiger partial charge in [0, 0.05) is 33.4 Å². The molecule has 2 aliphatic rings. The van der Waals surface area contributed by atoms with Crippen molar-refractivity contribution < 1.29 is 4.74 Å². The molecule has 112 valence electrons. The van der Waals surface area contributed by atoms with Crippen molar-refractivity contribution in [3.8, 4) is 0 Å². The highest BCUT2D eigenvalue weighted by molar-refractivity contribution is 4.78. The molecule has 0 aromatic heterocycles. The maximum atomic E-state index is 5.16. The Morgan fingerprint density at radius 1 is 1.05 bits per heavy atom. The van der Waals surface area contributed by atoms with Crippen LogP contribution in [0, 0.1) is 11.8 Å². The normalized spacial score (nSPS) is 27.8. The summed E-state index contributed by atoms with van der Waals surface area (Å²) in [6.07, 6.45) is 6.83. The Morgan fingerprint density at radius 2 is 1.84 bits per heavy atom. The van der Waals surface area contributed by atoms with Gasteiger partial charge in [-0.15, -0.1) is 0 Å². The number of methoxy groups -OCH3 is 1. The molecule has 2 rings (SSSR count). The lowest BCUT2D eigenvalue weighted by molar-refractivity contribution is 0.103. The van der Waals surface area contributed by atoms with Crippen LogP contribution in [0.2, 0.25) is 0 Å². The van der Waals surface area contributed by atoms with Crippen LogP contribution in [0.1, 0.15) is 39.0 Å². The lowest BCUT2D eigenvalue weighted by atomic mass is 9.94. The molecule has 0 spiro atoms. The summed E-state index contributed by atoms with van der Waals surface area (Å²) in [6, 6.07) is 0. The third-order valence-electron chi connectivity index (χ3n) is 4.82. The zero-order valence-electron chi connectivity index (χ0n) is 12.9. The first-order valence-corrected chi connectivity index (χ1v) is 8.21. The summed E-state index contributed by atoms with van der Waals surface area (Å²) in [4.78, 5) is 5.36. The molecule has 0 aromatic carbocycles. The average molecular weight is 268 g/mol. The van der Waals surface area contributed by atoms with Crippen LogP contribution in [0.5, 0.6) is 0 Å². The first kappa shape index (κ1) is 15.3. The smallest absolute Gasteiger partial charge is 0.0474 e. The van der Waals surface area contributed by atoms with E-state index in [2.05, 4.69) is 16.7 Å². The summed E-state index contributed by atoms with van der Waals surface area (Å²) in [7, 11) is 1.80. The minimum Gasteiger partial charge on any atom is -0.385 e. The maximum Gasteiger partial charge on any atom is 0.0474 e. The van der Waals surface area contributed by atoms with Gasteiger partial charge in [-0.1, -0.05) is 6.92 Å². The third-order valence-corrected chi connectivity index (χ3v) is 4.82. The van der Waals surface area contributed by atoms with Crippen LogP contribution in [0.3, 0.4) is 0 Å². The molecule has 3 heteroatoms. The van der Waals surface area contributed by atoms with Crippen LogP contribution in [-0.2, 0) is 4.74 Å². The van der Waals surface area contributed by atoms with Gasteiger partial charge in [0.05, 0.1) is 0 Å². The minimum atomic E-state index is 0.907. The summed E-state index contributed by atoms with van der Waals surface area (Å²) < 4.78 is 5.16. The first-order valence-electron chi connectivity index (χ1n) is 8.21. The monoisotopic (exact) mass is 268 g/mol. The molecular formula is C16H32N2O. The van der Waals surface area contributed by atoms with Crippen molar-refractivity contribution in [2.24, 2.45) is 11.8 Å². The van der Waals surface area contributed by atoms with E-state index in [1.165, 1.54) is 71.4 Å². The number of nitrogens with zero attached hydrogens (tertiary/aromatic N) is 2. The molecule has 1 atom stereocenters. The quantitative estimate of drug-likeness (QED) is 0.688. The molecule has 0 N–H and O–H groups in total. The van der Waals surface area contributed by atoms with Crippen molar-refractivity contribution in [3.05, 3.63) is 0 Å².